The Morgan fingerprint density at radius 1 is 1.47 bits per heavy atom. The quantitative estimate of drug-likeness (QED) is 0.342. The highest BCUT2D eigenvalue weighted by molar-refractivity contribution is 14.1. The van der Waals surface area contributed by atoms with Crippen molar-refractivity contribution >= 4 is 49.7 Å². The van der Waals surface area contributed by atoms with Crippen molar-refractivity contribution < 1.29 is 18.4 Å². The first kappa shape index (κ1) is 16.6. The summed E-state index contributed by atoms with van der Waals surface area (Å²) in [7, 11) is -3.70. The van der Waals surface area contributed by atoms with Crippen molar-refractivity contribution in [2.45, 2.75) is 15.2 Å². The highest BCUT2D eigenvalue weighted by Crippen LogP contribution is 2.43. The zero-order chi connectivity index (χ0) is 14.8. The van der Waals surface area contributed by atoms with Gasteiger partial charge in [0.05, 0.1) is 10.7 Å². The molecule has 19 heavy (non-hydrogen) atoms. The summed E-state index contributed by atoms with van der Waals surface area (Å²) >= 11 is 7.39. The number of halogens is 2. The number of nitro groups is 1. The monoisotopic (exact) mass is 419 g/mol. The van der Waals surface area contributed by atoms with E-state index in [-0.39, 0.29) is 17.0 Å². The number of rotatable bonds is 5. The molecule has 0 saturated heterocycles. The maximum absolute atomic E-state index is 11.8. The van der Waals surface area contributed by atoms with Crippen LogP contribution in [0.1, 0.15) is 18.6 Å². The molecule has 0 radical (unpaired) electrons. The van der Waals surface area contributed by atoms with E-state index >= 15 is 0 Å². The van der Waals surface area contributed by atoms with E-state index in [4.69, 9.17) is 11.6 Å². The Bertz CT molecular complexity index is 572. The van der Waals surface area contributed by atoms with E-state index in [1.54, 1.807) is 0 Å². The zero-order valence-electron chi connectivity index (χ0n) is 9.79. The second-order valence-electron chi connectivity index (χ2n) is 3.72. The van der Waals surface area contributed by atoms with Gasteiger partial charge >= 0.3 is 0 Å². The average Bonchev–Trinajstić information content (AvgIpc) is 2.37. The Morgan fingerprint density at radius 3 is 2.32 bits per heavy atom. The van der Waals surface area contributed by atoms with Gasteiger partial charge in [-0.3, -0.25) is 10.1 Å². The van der Waals surface area contributed by atoms with Crippen LogP contribution in [0.25, 0.3) is 0 Å². The van der Waals surface area contributed by atoms with E-state index in [1.165, 1.54) is 53.8 Å². The lowest BCUT2D eigenvalue weighted by molar-refractivity contribution is -0.384. The molecule has 0 bridgehead atoms. The third-order valence-electron chi connectivity index (χ3n) is 2.53. The molecule has 1 N–H and O–H groups in total. The Kier molecular flexibility index (Phi) is 5.15. The fraction of sp³-hybridized carbons (Fsp3) is 0.400. The van der Waals surface area contributed by atoms with Gasteiger partial charge in [-0.15, -0.1) is 0 Å². The van der Waals surface area contributed by atoms with Crippen molar-refractivity contribution in [2.24, 2.45) is 0 Å². The van der Waals surface area contributed by atoms with Crippen LogP contribution < -0.4 is 0 Å². The summed E-state index contributed by atoms with van der Waals surface area (Å²) in [6, 6.07) is 4.93. The van der Waals surface area contributed by atoms with Crippen molar-refractivity contribution in [1.82, 2.24) is 0 Å². The molecule has 0 aliphatic carbocycles. The van der Waals surface area contributed by atoms with Gasteiger partial charge in [0, 0.05) is 12.1 Å². The van der Waals surface area contributed by atoms with Gasteiger partial charge in [-0.05, 0) is 40.3 Å². The SMILES string of the molecule is CCS(=O)(=O)[C@](Cl)(I)[C@H](O)c1ccc([N+](=O)[O-])cc1. The van der Waals surface area contributed by atoms with E-state index in [0.29, 0.717) is 0 Å². The molecule has 9 heteroatoms. The van der Waals surface area contributed by atoms with E-state index in [9.17, 15) is 23.6 Å². The van der Waals surface area contributed by atoms with Crippen molar-refractivity contribution in [3.8, 4) is 0 Å². The first-order valence-corrected chi connectivity index (χ1v) is 8.27. The molecule has 2 atom stereocenters. The number of benzene rings is 1. The lowest BCUT2D eigenvalue weighted by Crippen LogP contribution is -2.34. The molecule has 0 amide bonds. The maximum Gasteiger partial charge on any atom is 0.269 e. The number of non-ortho nitro benzene ring substituents is 1. The number of aliphatic hydroxyl groups is 1. The van der Waals surface area contributed by atoms with Crippen molar-refractivity contribution in [2.75, 3.05) is 5.75 Å². The molecule has 0 aromatic heterocycles. The predicted molar refractivity (Wildman–Crippen MR) is 80.1 cm³/mol. The Labute approximate surface area is 129 Å². The summed E-state index contributed by atoms with van der Waals surface area (Å²) in [6.07, 6.45) is -1.49. The topological polar surface area (TPSA) is 97.5 Å². The van der Waals surface area contributed by atoms with Crippen LogP contribution in [0.5, 0.6) is 0 Å². The minimum absolute atomic E-state index is 0.150. The van der Waals surface area contributed by atoms with Gasteiger partial charge in [-0.2, -0.15) is 0 Å². The number of sulfone groups is 1. The zero-order valence-corrected chi connectivity index (χ0v) is 13.5. The predicted octanol–water partition coefficient (Wildman–Crippen LogP) is 2.39. The van der Waals surface area contributed by atoms with Crippen molar-refractivity contribution in [1.29, 1.82) is 0 Å². The summed E-state index contributed by atoms with van der Waals surface area (Å²) < 4.78 is 21.7. The molecule has 1 aromatic rings. The van der Waals surface area contributed by atoms with E-state index in [0.717, 1.165) is 0 Å². The van der Waals surface area contributed by atoms with Gasteiger partial charge in [0.15, 0.2) is 9.84 Å². The number of nitro benzene ring substituents is 1. The van der Waals surface area contributed by atoms with Crippen LogP contribution in [0, 0.1) is 10.1 Å². The van der Waals surface area contributed by atoms with Crippen molar-refractivity contribution in [3.05, 3.63) is 39.9 Å². The normalized spacial score (nSPS) is 16.6. The Morgan fingerprint density at radius 2 is 1.95 bits per heavy atom. The van der Waals surface area contributed by atoms with Crippen LogP contribution in [0.15, 0.2) is 24.3 Å². The molecule has 6 nitrogen and oxygen atoms in total. The fourth-order valence-electron chi connectivity index (χ4n) is 1.33. The first-order chi connectivity index (χ1) is 8.63. The van der Waals surface area contributed by atoms with Crippen molar-refractivity contribution in [3.63, 3.8) is 0 Å². The number of hydrogen-bond donors (Lipinski definition) is 1. The molecule has 0 aliphatic rings. The highest BCUT2D eigenvalue weighted by atomic mass is 127. The first-order valence-electron chi connectivity index (χ1n) is 5.16. The van der Waals surface area contributed by atoms with Crippen LogP contribution >= 0.6 is 34.2 Å². The van der Waals surface area contributed by atoms with Crippen LogP contribution in [0.2, 0.25) is 0 Å². The molecule has 0 fully saturated rings. The smallest absolute Gasteiger partial charge is 0.269 e. The lowest BCUT2D eigenvalue weighted by Gasteiger charge is -2.25. The molecule has 1 aromatic carbocycles. The van der Waals surface area contributed by atoms with Crippen LogP contribution in [0.4, 0.5) is 5.69 Å². The van der Waals surface area contributed by atoms with Gasteiger partial charge in [0.2, 0.25) is 2.21 Å². The van der Waals surface area contributed by atoms with Gasteiger partial charge in [-0.25, -0.2) is 8.42 Å². The molecular weight excluding hydrogens is 409 g/mol. The molecule has 0 saturated carbocycles. The molecule has 0 aliphatic heterocycles. The van der Waals surface area contributed by atoms with Gasteiger partial charge in [-0.1, -0.05) is 18.5 Å². The molecule has 0 unspecified atom stereocenters. The molecule has 1 rings (SSSR count). The molecular formula is C10H11ClINO5S. The second-order valence-corrected chi connectivity index (χ2v) is 10.1. The van der Waals surface area contributed by atoms with Gasteiger partial charge < -0.3 is 5.11 Å². The summed E-state index contributed by atoms with van der Waals surface area (Å²) in [4.78, 5) is 9.92. The largest absolute Gasteiger partial charge is 0.385 e. The number of hydrogen-bond acceptors (Lipinski definition) is 5. The number of aliphatic hydroxyl groups excluding tert-OH is 1. The fourth-order valence-corrected chi connectivity index (χ4v) is 3.94. The minimum atomic E-state index is -3.70. The van der Waals surface area contributed by atoms with Gasteiger partial charge in [0.1, 0.15) is 6.10 Å². The highest BCUT2D eigenvalue weighted by Gasteiger charge is 2.45. The minimum Gasteiger partial charge on any atom is -0.385 e. The van der Waals surface area contributed by atoms with E-state index in [1.807, 2.05) is 0 Å². The van der Waals surface area contributed by atoms with E-state index < -0.39 is 23.1 Å². The summed E-state index contributed by atoms with van der Waals surface area (Å²) in [5, 5.41) is 20.6. The van der Waals surface area contributed by atoms with Crippen LogP contribution in [0.3, 0.4) is 0 Å². The molecule has 106 valence electrons. The Hall–Kier alpha value is -0.450. The number of nitrogens with zero attached hydrogens (tertiary/aromatic N) is 1. The van der Waals surface area contributed by atoms with Crippen LogP contribution in [-0.2, 0) is 9.84 Å². The Balaban J connectivity index is 3.13. The summed E-state index contributed by atoms with van der Waals surface area (Å²) in [5.41, 5.74) is 0.0509. The summed E-state index contributed by atoms with van der Waals surface area (Å²) in [6.45, 7) is 1.42. The third-order valence-corrected chi connectivity index (χ3v) is 7.86. The molecule has 0 heterocycles. The van der Waals surface area contributed by atoms with Crippen LogP contribution in [-0.4, -0.2) is 26.4 Å². The third kappa shape index (κ3) is 3.36. The standard InChI is InChI=1S/C10H11ClINO5S/c1-2-19(17,18)10(11,12)9(14)7-3-5-8(6-4-7)13(15)16/h3-6,9,14H,2H2,1H3/t9-,10-/m1/s1. The maximum atomic E-state index is 11.8. The molecule has 0 spiro atoms. The number of alkyl halides is 2. The van der Waals surface area contributed by atoms with Gasteiger partial charge in [0.25, 0.3) is 5.69 Å². The van der Waals surface area contributed by atoms with E-state index in [2.05, 4.69) is 0 Å². The lowest BCUT2D eigenvalue weighted by atomic mass is 10.1. The summed E-state index contributed by atoms with van der Waals surface area (Å²) in [5.74, 6) is -0.219. The second kappa shape index (κ2) is 5.90. The average molecular weight is 420 g/mol.